The maximum absolute atomic E-state index is 12.1. The summed E-state index contributed by atoms with van der Waals surface area (Å²) in [5.74, 6) is 0. The van der Waals surface area contributed by atoms with Crippen LogP contribution in [0.3, 0.4) is 0 Å². The van der Waals surface area contributed by atoms with E-state index in [0.29, 0.717) is 0 Å². The van der Waals surface area contributed by atoms with Gasteiger partial charge in [0.2, 0.25) is 8.07 Å². The van der Waals surface area contributed by atoms with Crippen LogP contribution in [0.5, 0.6) is 0 Å². The first-order chi connectivity index (χ1) is 15.3. The lowest BCUT2D eigenvalue weighted by Gasteiger charge is -2.40. The summed E-state index contributed by atoms with van der Waals surface area (Å²) in [5, 5.41) is 3.43. The van der Waals surface area contributed by atoms with Gasteiger partial charge < -0.3 is 0 Å². The highest BCUT2D eigenvalue weighted by atomic mass is 31.2. The highest BCUT2D eigenvalue weighted by Crippen LogP contribution is 2.65. The summed E-state index contributed by atoms with van der Waals surface area (Å²) in [6, 6.07) is 31.2. The third kappa shape index (κ3) is 4.39. The van der Waals surface area contributed by atoms with Gasteiger partial charge in [0, 0.05) is 12.1 Å². The van der Waals surface area contributed by atoms with Gasteiger partial charge in [-0.3, -0.25) is 0 Å². The quantitative estimate of drug-likeness (QED) is 0.294. The smallest absolute Gasteiger partial charge is 0.198 e. The van der Waals surface area contributed by atoms with Gasteiger partial charge in [-0.1, -0.05) is 91.0 Å². The maximum Gasteiger partial charge on any atom is 0.370 e. The van der Waals surface area contributed by atoms with Crippen LogP contribution in [0.1, 0.15) is 34.6 Å². The Kier molecular flexibility index (Phi) is 7.87. The first-order valence-electron chi connectivity index (χ1n) is 11.2. The summed E-state index contributed by atoms with van der Waals surface area (Å²) in [4.78, 5) is 24.9. The molecule has 0 bridgehead atoms. The molecule has 0 fully saturated rings. The van der Waals surface area contributed by atoms with E-state index in [9.17, 15) is 9.79 Å². The van der Waals surface area contributed by atoms with E-state index in [2.05, 4.69) is 36.4 Å². The van der Waals surface area contributed by atoms with Crippen LogP contribution in [0, 0.1) is 0 Å². The van der Waals surface area contributed by atoms with Crippen molar-refractivity contribution in [3.05, 3.63) is 102 Å². The van der Waals surface area contributed by atoms with Gasteiger partial charge in [-0.25, -0.2) is 0 Å². The predicted molar refractivity (Wildman–Crippen MR) is 141 cm³/mol. The van der Waals surface area contributed by atoms with Crippen molar-refractivity contribution in [2.45, 2.75) is 46.7 Å². The highest BCUT2D eigenvalue weighted by molar-refractivity contribution is 7.72. The lowest BCUT2D eigenvalue weighted by atomic mass is 10.3. The molecule has 3 aromatic carbocycles. The van der Waals surface area contributed by atoms with E-state index in [1.807, 2.05) is 100.0 Å². The van der Waals surface area contributed by atoms with Crippen molar-refractivity contribution < 1.29 is 9.79 Å². The van der Waals surface area contributed by atoms with E-state index >= 15 is 0 Å². The van der Waals surface area contributed by atoms with Crippen LogP contribution in [0.25, 0.3) is 0 Å². The monoisotopic (exact) mass is 464 g/mol. The van der Waals surface area contributed by atoms with Crippen molar-refractivity contribution in [3.63, 3.8) is 0 Å². The second-order valence-electron chi connectivity index (χ2n) is 8.66. The van der Waals surface area contributed by atoms with Gasteiger partial charge in [0.25, 0.3) is 0 Å². The minimum Gasteiger partial charge on any atom is -0.198 e. The highest BCUT2D eigenvalue weighted by Gasteiger charge is 2.61. The van der Waals surface area contributed by atoms with Crippen LogP contribution in [0.2, 0.25) is 0 Å². The largest absolute Gasteiger partial charge is 0.370 e. The van der Waals surface area contributed by atoms with Crippen molar-refractivity contribution in [2.75, 3.05) is 0 Å². The van der Waals surface area contributed by atoms with Crippen LogP contribution in [0.15, 0.2) is 102 Å². The SMILES string of the molecule is CC=C([Si](c1ccccc1)(c1ccccc1)c1ccccc1)[P+](O)(O)N(C(C)C)C(C)C. The van der Waals surface area contributed by atoms with Gasteiger partial charge in [0.15, 0.2) is 0 Å². The Morgan fingerprint density at radius 3 is 1.25 bits per heavy atom. The van der Waals surface area contributed by atoms with Gasteiger partial charge in [0.05, 0.1) is 0 Å². The van der Waals surface area contributed by atoms with E-state index in [4.69, 9.17) is 0 Å². The first-order valence-corrected chi connectivity index (χ1v) is 14.9. The Balaban J connectivity index is 2.46. The third-order valence-corrected chi connectivity index (χ3v) is 15.0. The van der Waals surface area contributed by atoms with Crippen LogP contribution in [-0.2, 0) is 0 Å². The van der Waals surface area contributed by atoms with Crippen LogP contribution in [-0.4, -0.2) is 34.6 Å². The summed E-state index contributed by atoms with van der Waals surface area (Å²) < 4.78 is 1.90. The average molecular weight is 465 g/mol. The molecule has 0 unspecified atom stereocenters. The zero-order valence-electron chi connectivity index (χ0n) is 19.7. The first kappa shape index (κ1) is 24.6. The van der Waals surface area contributed by atoms with E-state index in [-0.39, 0.29) is 12.1 Å². The molecule has 2 N–H and O–H groups in total. The fourth-order valence-corrected chi connectivity index (χ4v) is 14.6. The van der Waals surface area contributed by atoms with Crippen molar-refractivity contribution >= 4 is 31.5 Å². The molecule has 168 valence electrons. The minimum absolute atomic E-state index is 0.0118. The zero-order valence-corrected chi connectivity index (χ0v) is 21.6. The molecular formula is C27H35NO2PSi+. The Morgan fingerprint density at radius 2 is 1.00 bits per heavy atom. The topological polar surface area (TPSA) is 43.7 Å². The average Bonchev–Trinajstić information content (AvgIpc) is 2.78. The number of benzene rings is 3. The molecule has 0 aromatic heterocycles. The maximum atomic E-state index is 12.1. The molecule has 0 aliphatic heterocycles. The van der Waals surface area contributed by atoms with Gasteiger partial charge >= 0.3 is 7.87 Å². The molecule has 3 nitrogen and oxygen atoms in total. The van der Waals surface area contributed by atoms with E-state index < -0.39 is 15.9 Å². The Bertz CT molecular complexity index is 917. The normalized spacial score (nSPS) is 13.2. The summed E-state index contributed by atoms with van der Waals surface area (Å²) in [6.45, 7) is 10.1. The number of nitrogens with zero attached hydrogens (tertiary/aromatic N) is 1. The Labute approximate surface area is 194 Å². The summed E-state index contributed by atoms with van der Waals surface area (Å²) in [5.41, 5.74) is 0. The molecule has 3 aromatic rings. The van der Waals surface area contributed by atoms with Crippen LogP contribution >= 0.6 is 7.87 Å². The van der Waals surface area contributed by atoms with E-state index in [1.165, 1.54) is 0 Å². The molecular weight excluding hydrogens is 429 g/mol. The molecule has 0 heterocycles. The van der Waals surface area contributed by atoms with Crippen molar-refractivity contribution in [1.82, 2.24) is 4.67 Å². The Hall–Kier alpha value is -2.07. The predicted octanol–water partition coefficient (Wildman–Crippen LogP) is 4.47. The van der Waals surface area contributed by atoms with Crippen molar-refractivity contribution in [1.29, 1.82) is 0 Å². The molecule has 0 aliphatic rings. The third-order valence-electron chi connectivity index (χ3n) is 5.98. The number of rotatable bonds is 8. The summed E-state index contributed by atoms with van der Waals surface area (Å²) in [7, 11) is -6.61. The molecule has 5 heteroatoms. The molecule has 0 aliphatic carbocycles. The van der Waals surface area contributed by atoms with E-state index in [1.54, 1.807) is 0 Å². The molecule has 0 radical (unpaired) electrons. The molecule has 0 saturated heterocycles. The fraction of sp³-hybridized carbons (Fsp3) is 0.259. The second-order valence-corrected chi connectivity index (χ2v) is 14.9. The molecule has 0 amide bonds. The van der Waals surface area contributed by atoms with Crippen molar-refractivity contribution in [2.24, 2.45) is 0 Å². The fourth-order valence-electron chi connectivity index (χ4n) is 4.99. The minimum atomic E-state index is -3.64. The van der Waals surface area contributed by atoms with Gasteiger partial charge in [-0.15, -0.1) is 4.67 Å². The molecule has 0 saturated carbocycles. The molecule has 0 atom stereocenters. The van der Waals surface area contributed by atoms with Crippen molar-refractivity contribution in [3.8, 4) is 0 Å². The van der Waals surface area contributed by atoms with E-state index in [0.717, 1.165) is 20.5 Å². The number of hydrogen-bond donors (Lipinski definition) is 2. The lowest BCUT2D eigenvalue weighted by Crippen LogP contribution is -2.69. The molecule has 0 spiro atoms. The lowest BCUT2D eigenvalue weighted by molar-refractivity contribution is 0.246. The van der Waals surface area contributed by atoms with Gasteiger partial charge in [-0.2, -0.15) is 9.79 Å². The number of hydrogen-bond acceptors (Lipinski definition) is 3. The van der Waals surface area contributed by atoms with Gasteiger partial charge in [0.1, 0.15) is 4.94 Å². The standard InChI is InChI=1S/C27H35NO2PSi/c1-6-27(31(29,30)28(22(2)3)23(4)5)32(24-16-10-7-11-17-24,25-18-12-8-13-19-25)26-20-14-9-15-21-26/h6-23,29-30H,1-5H3/q+1. The Morgan fingerprint density at radius 1 is 0.688 bits per heavy atom. The van der Waals surface area contributed by atoms with Crippen LogP contribution < -0.4 is 15.6 Å². The van der Waals surface area contributed by atoms with Crippen LogP contribution in [0.4, 0.5) is 0 Å². The summed E-state index contributed by atoms with van der Waals surface area (Å²) in [6.07, 6.45) is 1.98. The zero-order chi connectivity index (χ0) is 23.4. The van der Waals surface area contributed by atoms with Gasteiger partial charge in [-0.05, 0) is 56.3 Å². The summed E-state index contributed by atoms with van der Waals surface area (Å²) >= 11 is 0. The number of allylic oxidation sites excluding steroid dienone is 1. The molecule has 3 rings (SSSR count). The second kappa shape index (κ2) is 10.2. The molecule has 32 heavy (non-hydrogen) atoms.